The molecule has 0 saturated carbocycles. The van der Waals surface area contributed by atoms with Crippen molar-refractivity contribution in [2.45, 2.75) is 13.0 Å². The van der Waals surface area contributed by atoms with Crippen LogP contribution in [0.5, 0.6) is 5.75 Å². The summed E-state index contributed by atoms with van der Waals surface area (Å²) in [6, 6.07) is 0. The minimum atomic E-state index is -0.0871. The van der Waals surface area contributed by atoms with E-state index in [-0.39, 0.29) is 6.10 Å². The Morgan fingerprint density at radius 3 is 1.93 bits per heavy atom. The van der Waals surface area contributed by atoms with Gasteiger partial charge in [-0.2, -0.15) is 0 Å². The van der Waals surface area contributed by atoms with Crippen LogP contribution in [0.25, 0.3) is 0 Å². The van der Waals surface area contributed by atoms with Gasteiger partial charge in [0.15, 0.2) is 0 Å². The molecule has 0 aromatic heterocycles. The molecule has 0 spiro atoms. The van der Waals surface area contributed by atoms with E-state index < -0.39 is 0 Å². The van der Waals surface area contributed by atoms with Crippen molar-refractivity contribution in [2.24, 2.45) is 0 Å². The standard InChI is InChI=1S/C9H8I4O2/c1-3(15-2)4-5(10)6(11)7(12)8(13)9(4)14/h3,14H,1-2H3. The first-order valence-corrected chi connectivity index (χ1v) is 8.30. The third-order valence-electron chi connectivity index (χ3n) is 2.04. The molecule has 1 N–H and O–H groups in total. The molecule has 0 fully saturated rings. The van der Waals surface area contributed by atoms with Gasteiger partial charge >= 0.3 is 0 Å². The SMILES string of the molecule is COC(C)c1c(O)c(I)c(I)c(I)c1I. The van der Waals surface area contributed by atoms with Crippen molar-refractivity contribution in [1.29, 1.82) is 0 Å². The second kappa shape index (κ2) is 6.18. The van der Waals surface area contributed by atoms with Crippen LogP contribution in [0.4, 0.5) is 0 Å². The first kappa shape index (κ1) is 15.0. The van der Waals surface area contributed by atoms with Crippen LogP contribution in [0.2, 0.25) is 0 Å². The molecule has 6 heteroatoms. The molecule has 0 aliphatic rings. The van der Waals surface area contributed by atoms with Gasteiger partial charge in [-0.25, -0.2) is 0 Å². The minimum absolute atomic E-state index is 0.0871. The fraction of sp³-hybridized carbons (Fsp3) is 0.333. The van der Waals surface area contributed by atoms with Crippen molar-refractivity contribution >= 4 is 90.4 Å². The van der Waals surface area contributed by atoms with Gasteiger partial charge in [0.25, 0.3) is 0 Å². The number of ether oxygens (including phenoxy) is 1. The van der Waals surface area contributed by atoms with Crippen LogP contribution in [0.3, 0.4) is 0 Å². The highest BCUT2D eigenvalue weighted by atomic mass is 127. The lowest BCUT2D eigenvalue weighted by Crippen LogP contribution is -2.04. The summed E-state index contributed by atoms with van der Waals surface area (Å²) in [6.07, 6.45) is -0.0871. The van der Waals surface area contributed by atoms with Gasteiger partial charge in [0.05, 0.1) is 9.67 Å². The Morgan fingerprint density at radius 1 is 1.00 bits per heavy atom. The zero-order valence-electron chi connectivity index (χ0n) is 7.94. The second-order valence-electron chi connectivity index (χ2n) is 2.90. The van der Waals surface area contributed by atoms with Gasteiger partial charge in [-0.3, -0.25) is 0 Å². The monoisotopic (exact) mass is 656 g/mol. The molecule has 15 heavy (non-hydrogen) atoms. The average molecular weight is 656 g/mol. The third kappa shape index (κ3) is 3.02. The Labute approximate surface area is 143 Å². The summed E-state index contributed by atoms with van der Waals surface area (Å²) >= 11 is 8.97. The highest BCUT2D eigenvalue weighted by Crippen LogP contribution is 2.40. The van der Waals surface area contributed by atoms with E-state index in [2.05, 4.69) is 90.4 Å². The van der Waals surface area contributed by atoms with Crippen molar-refractivity contribution < 1.29 is 9.84 Å². The Morgan fingerprint density at radius 2 is 1.47 bits per heavy atom. The number of hydrogen-bond donors (Lipinski definition) is 1. The van der Waals surface area contributed by atoms with Crippen LogP contribution in [-0.4, -0.2) is 12.2 Å². The normalized spacial score (nSPS) is 12.9. The Balaban J connectivity index is 3.52. The Hall–Kier alpha value is 1.90. The van der Waals surface area contributed by atoms with E-state index >= 15 is 0 Å². The zero-order chi connectivity index (χ0) is 11.7. The molecule has 0 bridgehead atoms. The van der Waals surface area contributed by atoms with Gasteiger partial charge in [0.2, 0.25) is 0 Å². The Bertz CT molecular complexity index is 363. The topological polar surface area (TPSA) is 29.5 Å². The summed E-state index contributed by atoms with van der Waals surface area (Å²) in [6.45, 7) is 1.94. The largest absolute Gasteiger partial charge is 0.506 e. The molecule has 1 aromatic carbocycles. The van der Waals surface area contributed by atoms with E-state index in [9.17, 15) is 5.11 Å². The lowest BCUT2D eigenvalue weighted by molar-refractivity contribution is 0.116. The zero-order valence-corrected chi connectivity index (χ0v) is 16.6. The second-order valence-corrected chi connectivity index (χ2v) is 7.21. The summed E-state index contributed by atoms with van der Waals surface area (Å²) in [4.78, 5) is 0. The number of methoxy groups -OCH3 is 1. The van der Waals surface area contributed by atoms with Crippen molar-refractivity contribution in [3.8, 4) is 5.75 Å². The molecule has 1 unspecified atom stereocenters. The van der Waals surface area contributed by atoms with Crippen LogP contribution < -0.4 is 0 Å². The summed E-state index contributed by atoms with van der Waals surface area (Å²) in [5, 5.41) is 10.1. The van der Waals surface area contributed by atoms with Gasteiger partial charge in [-0.05, 0) is 97.3 Å². The summed E-state index contributed by atoms with van der Waals surface area (Å²) in [7, 11) is 1.65. The van der Waals surface area contributed by atoms with E-state index in [1.807, 2.05) is 6.92 Å². The third-order valence-corrected chi connectivity index (χ3v) is 9.46. The lowest BCUT2D eigenvalue weighted by atomic mass is 10.1. The van der Waals surface area contributed by atoms with E-state index in [1.165, 1.54) is 3.57 Å². The van der Waals surface area contributed by atoms with Crippen molar-refractivity contribution in [1.82, 2.24) is 0 Å². The first-order chi connectivity index (χ1) is 6.91. The number of halogens is 4. The molecule has 1 atom stereocenters. The number of phenols is 1. The van der Waals surface area contributed by atoms with E-state index in [0.29, 0.717) is 5.75 Å². The number of rotatable bonds is 2. The molecule has 0 aliphatic heterocycles. The van der Waals surface area contributed by atoms with Crippen LogP contribution in [0.15, 0.2) is 0 Å². The molecular formula is C9H8I4O2. The van der Waals surface area contributed by atoms with Gasteiger partial charge < -0.3 is 9.84 Å². The quantitative estimate of drug-likeness (QED) is 0.289. The summed E-state index contributed by atoms with van der Waals surface area (Å²) in [5.74, 6) is 0.346. The predicted octanol–water partition coefficient (Wildman–Crippen LogP) is 4.52. The molecule has 2 nitrogen and oxygen atoms in total. The molecule has 0 saturated heterocycles. The van der Waals surface area contributed by atoms with Gasteiger partial charge in [0.1, 0.15) is 5.75 Å². The molecule has 0 amide bonds. The van der Waals surface area contributed by atoms with Crippen LogP contribution in [-0.2, 0) is 4.74 Å². The first-order valence-electron chi connectivity index (χ1n) is 3.99. The van der Waals surface area contributed by atoms with Crippen LogP contribution in [0.1, 0.15) is 18.6 Å². The average Bonchev–Trinajstić information content (AvgIpc) is 2.23. The smallest absolute Gasteiger partial charge is 0.136 e. The number of hydrogen-bond acceptors (Lipinski definition) is 2. The predicted molar refractivity (Wildman–Crippen MR) is 94.4 cm³/mol. The Kier molecular flexibility index (Phi) is 6.16. The molecule has 84 valence electrons. The van der Waals surface area contributed by atoms with Crippen molar-refractivity contribution in [2.75, 3.05) is 7.11 Å². The molecule has 0 radical (unpaired) electrons. The summed E-state index contributed by atoms with van der Waals surface area (Å²) in [5.41, 5.74) is 0.882. The van der Waals surface area contributed by atoms with E-state index in [4.69, 9.17) is 4.74 Å². The number of aromatic hydroxyl groups is 1. The van der Waals surface area contributed by atoms with Crippen molar-refractivity contribution in [3.63, 3.8) is 0 Å². The maximum atomic E-state index is 10.1. The number of phenolic OH excluding ortho intramolecular Hbond substituents is 1. The lowest BCUT2D eigenvalue weighted by Gasteiger charge is -2.17. The fourth-order valence-electron chi connectivity index (χ4n) is 1.13. The number of benzene rings is 1. The minimum Gasteiger partial charge on any atom is -0.506 e. The van der Waals surface area contributed by atoms with Crippen LogP contribution >= 0.6 is 90.4 Å². The van der Waals surface area contributed by atoms with Crippen LogP contribution in [0, 0.1) is 14.3 Å². The van der Waals surface area contributed by atoms with Gasteiger partial charge in [-0.15, -0.1) is 0 Å². The molecular weight excluding hydrogens is 648 g/mol. The maximum absolute atomic E-state index is 10.1. The van der Waals surface area contributed by atoms with E-state index in [1.54, 1.807) is 7.11 Å². The molecule has 0 aliphatic carbocycles. The van der Waals surface area contributed by atoms with Gasteiger partial charge in [-0.1, -0.05) is 0 Å². The fourth-order valence-corrected chi connectivity index (χ4v) is 4.77. The highest BCUT2D eigenvalue weighted by molar-refractivity contribution is 14.1. The molecule has 1 aromatic rings. The summed E-state index contributed by atoms with van der Waals surface area (Å²) < 4.78 is 9.52. The maximum Gasteiger partial charge on any atom is 0.136 e. The van der Waals surface area contributed by atoms with Gasteiger partial charge in [0, 0.05) is 23.4 Å². The van der Waals surface area contributed by atoms with E-state index in [0.717, 1.165) is 16.3 Å². The van der Waals surface area contributed by atoms with Crippen molar-refractivity contribution in [3.05, 3.63) is 19.8 Å². The molecule has 1 rings (SSSR count). The highest BCUT2D eigenvalue weighted by Gasteiger charge is 2.22. The molecule has 0 heterocycles.